The lowest BCUT2D eigenvalue weighted by Crippen LogP contribution is -2.52. The van der Waals surface area contributed by atoms with Crippen LogP contribution in [0.4, 0.5) is 4.39 Å². The Morgan fingerprint density at radius 1 is 1.19 bits per heavy atom. The average molecular weight is 436 g/mol. The van der Waals surface area contributed by atoms with Crippen molar-refractivity contribution in [2.75, 3.05) is 19.6 Å². The van der Waals surface area contributed by atoms with Gasteiger partial charge in [-0.15, -0.1) is 0 Å². The quantitative estimate of drug-likeness (QED) is 0.788. The molecule has 3 heterocycles. The molecular formula is C24H25FN4O3. The number of nitrogens with zero attached hydrogens (tertiary/aromatic N) is 4. The van der Waals surface area contributed by atoms with Crippen LogP contribution in [0.15, 0.2) is 48.7 Å². The van der Waals surface area contributed by atoms with Crippen molar-refractivity contribution < 1.29 is 19.1 Å². The normalized spacial score (nSPS) is 22.4. The first kappa shape index (κ1) is 21.9. The number of piperidine rings is 1. The van der Waals surface area contributed by atoms with E-state index in [0.717, 1.165) is 0 Å². The highest BCUT2D eigenvalue weighted by Crippen LogP contribution is 2.34. The summed E-state index contributed by atoms with van der Waals surface area (Å²) in [5.41, 5.74) is 0.220. The Morgan fingerprint density at radius 3 is 2.56 bits per heavy atom. The largest absolute Gasteiger partial charge is 0.391 e. The summed E-state index contributed by atoms with van der Waals surface area (Å²) in [5.74, 6) is -1.10. The summed E-state index contributed by atoms with van der Waals surface area (Å²) in [6.45, 7) is 0.781. The van der Waals surface area contributed by atoms with Gasteiger partial charge in [-0.1, -0.05) is 24.3 Å². The van der Waals surface area contributed by atoms with E-state index in [0.29, 0.717) is 31.6 Å². The number of halogens is 1. The van der Waals surface area contributed by atoms with Gasteiger partial charge in [0.15, 0.2) is 0 Å². The van der Waals surface area contributed by atoms with Gasteiger partial charge in [-0.25, -0.2) is 4.39 Å². The minimum atomic E-state index is -0.801. The van der Waals surface area contributed by atoms with E-state index in [1.807, 2.05) is 12.1 Å². The number of rotatable bonds is 4. The molecule has 2 saturated heterocycles. The molecule has 4 rings (SSSR count). The van der Waals surface area contributed by atoms with Crippen molar-refractivity contribution in [1.29, 1.82) is 5.26 Å². The van der Waals surface area contributed by atoms with Gasteiger partial charge in [-0.05, 0) is 36.6 Å². The molecule has 2 fully saturated rings. The smallest absolute Gasteiger partial charge is 0.245 e. The molecule has 1 aromatic carbocycles. The van der Waals surface area contributed by atoms with Gasteiger partial charge < -0.3 is 14.9 Å². The van der Waals surface area contributed by atoms with Crippen molar-refractivity contribution in [1.82, 2.24) is 14.8 Å². The number of amides is 2. The Kier molecular flexibility index (Phi) is 6.19. The summed E-state index contributed by atoms with van der Waals surface area (Å²) >= 11 is 0. The molecule has 32 heavy (non-hydrogen) atoms. The van der Waals surface area contributed by atoms with Crippen LogP contribution in [0.1, 0.15) is 30.5 Å². The first-order valence-electron chi connectivity index (χ1n) is 10.8. The molecule has 2 aromatic rings. The van der Waals surface area contributed by atoms with Crippen LogP contribution < -0.4 is 0 Å². The number of hydrogen-bond acceptors (Lipinski definition) is 5. The van der Waals surface area contributed by atoms with Gasteiger partial charge in [0.2, 0.25) is 11.8 Å². The first-order chi connectivity index (χ1) is 15.4. The van der Waals surface area contributed by atoms with Gasteiger partial charge >= 0.3 is 0 Å². The van der Waals surface area contributed by atoms with Crippen LogP contribution in [-0.4, -0.2) is 63.5 Å². The molecule has 2 aliphatic heterocycles. The molecular weight excluding hydrogens is 411 g/mol. The topological polar surface area (TPSA) is 97.5 Å². The van der Waals surface area contributed by atoms with Gasteiger partial charge in [0.25, 0.3) is 0 Å². The minimum Gasteiger partial charge on any atom is -0.391 e. The number of benzene rings is 1. The van der Waals surface area contributed by atoms with E-state index in [1.165, 1.54) is 11.0 Å². The van der Waals surface area contributed by atoms with Crippen LogP contribution in [0.2, 0.25) is 0 Å². The fourth-order valence-electron chi connectivity index (χ4n) is 4.62. The van der Waals surface area contributed by atoms with E-state index in [9.17, 15) is 24.3 Å². The molecule has 0 saturated carbocycles. The maximum absolute atomic E-state index is 14.0. The molecule has 166 valence electrons. The highest BCUT2D eigenvalue weighted by molar-refractivity contribution is 5.89. The minimum absolute atomic E-state index is 0.0492. The molecule has 8 heteroatoms. The number of pyridine rings is 1. The van der Waals surface area contributed by atoms with Crippen LogP contribution >= 0.6 is 0 Å². The molecule has 1 N–H and O–H groups in total. The highest BCUT2D eigenvalue weighted by Gasteiger charge is 2.44. The molecule has 2 atom stereocenters. The number of nitriles is 1. The molecule has 0 aliphatic carbocycles. The zero-order valence-corrected chi connectivity index (χ0v) is 17.7. The zero-order chi connectivity index (χ0) is 22.7. The van der Waals surface area contributed by atoms with Gasteiger partial charge in [0.1, 0.15) is 17.3 Å². The van der Waals surface area contributed by atoms with E-state index in [2.05, 4.69) is 11.1 Å². The summed E-state index contributed by atoms with van der Waals surface area (Å²) in [5, 5.41) is 20.0. The molecule has 7 nitrogen and oxygen atoms in total. The lowest BCUT2D eigenvalue weighted by molar-refractivity contribution is -0.144. The van der Waals surface area contributed by atoms with E-state index in [1.54, 1.807) is 35.4 Å². The van der Waals surface area contributed by atoms with Gasteiger partial charge in [0, 0.05) is 32.3 Å². The lowest BCUT2D eigenvalue weighted by Gasteiger charge is -2.39. The lowest BCUT2D eigenvalue weighted by atomic mass is 9.76. The summed E-state index contributed by atoms with van der Waals surface area (Å²) in [6.07, 6.45) is 1.74. The number of carbonyl (C=O) groups is 2. The van der Waals surface area contributed by atoms with Gasteiger partial charge in [0.05, 0.1) is 24.3 Å². The first-order valence-corrected chi connectivity index (χ1v) is 10.8. The third kappa shape index (κ3) is 4.21. The third-order valence-corrected chi connectivity index (χ3v) is 6.48. The van der Waals surface area contributed by atoms with Crippen molar-refractivity contribution in [3.05, 3.63) is 65.7 Å². The Morgan fingerprint density at radius 2 is 1.91 bits per heavy atom. The fourth-order valence-corrected chi connectivity index (χ4v) is 4.62. The van der Waals surface area contributed by atoms with Crippen molar-refractivity contribution in [2.24, 2.45) is 0 Å². The molecule has 1 aromatic heterocycles. The number of aromatic nitrogens is 1. The van der Waals surface area contributed by atoms with E-state index >= 15 is 0 Å². The number of aliphatic hydroxyl groups is 1. The van der Waals surface area contributed by atoms with E-state index in [4.69, 9.17) is 0 Å². The predicted molar refractivity (Wildman–Crippen MR) is 114 cm³/mol. The summed E-state index contributed by atoms with van der Waals surface area (Å²) in [6, 6.07) is 13.1. The molecule has 2 amide bonds. The summed E-state index contributed by atoms with van der Waals surface area (Å²) < 4.78 is 14.0. The maximum atomic E-state index is 14.0. The number of aliphatic hydroxyl groups excluding tert-OH is 1. The molecule has 0 bridgehead atoms. The molecule has 0 spiro atoms. The molecule has 0 radical (unpaired) electrons. The number of likely N-dealkylation sites (tertiary alicyclic amines) is 2. The number of β-amino-alcohol motifs (C(OH)–C–C–N with tert-alkyl or cyclic N) is 1. The second-order valence-electron chi connectivity index (χ2n) is 8.45. The van der Waals surface area contributed by atoms with E-state index < -0.39 is 23.4 Å². The second kappa shape index (κ2) is 9.05. The standard InChI is InChI=1S/C24H25FN4O3/c25-19-6-2-1-5-17(19)13-22(31)29-15-18(30)14-20(29)23(32)28-11-8-24(16-26,9-12-28)21-7-3-4-10-27-21/h1-7,10,18,20,30H,8-9,11-15H2. The highest BCUT2D eigenvalue weighted by atomic mass is 19.1. The van der Waals surface area contributed by atoms with Crippen LogP contribution in [0, 0.1) is 17.1 Å². The van der Waals surface area contributed by atoms with Crippen molar-refractivity contribution in [3.63, 3.8) is 0 Å². The Labute approximate surface area is 186 Å². The molecule has 2 aliphatic rings. The monoisotopic (exact) mass is 436 g/mol. The second-order valence-corrected chi connectivity index (χ2v) is 8.45. The summed E-state index contributed by atoms with van der Waals surface area (Å²) in [4.78, 5) is 33.5. The Hall–Kier alpha value is -3.31. The van der Waals surface area contributed by atoms with Gasteiger partial charge in [-0.3, -0.25) is 14.6 Å². The SMILES string of the molecule is N#CC1(c2ccccn2)CCN(C(=O)C2CC(O)CN2C(=O)Cc2ccccc2F)CC1. The predicted octanol–water partition coefficient (Wildman–Crippen LogP) is 1.81. The zero-order valence-electron chi connectivity index (χ0n) is 17.7. The van der Waals surface area contributed by atoms with Crippen LogP contribution in [0.3, 0.4) is 0 Å². The van der Waals surface area contributed by atoms with Crippen LogP contribution in [-0.2, 0) is 21.4 Å². The van der Waals surface area contributed by atoms with Crippen LogP contribution in [0.25, 0.3) is 0 Å². The van der Waals surface area contributed by atoms with Crippen LogP contribution in [0.5, 0.6) is 0 Å². The van der Waals surface area contributed by atoms with Crippen molar-refractivity contribution in [3.8, 4) is 6.07 Å². The third-order valence-electron chi connectivity index (χ3n) is 6.48. The molecule has 2 unspecified atom stereocenters. The fraction of sp³-hybridized carbons (Fsp3) is 0.417. The Bertz CT molecular complexity index is 1030. The number of hydrogen-bond donors (Lipinski definition) is 1. The van der Waals surface area contributed by atoms with Gasteiger partial charge in [-0.2, -0.15) is 5.26 Å². The van der Waals surface area contributed by atoms with Crippen molar-refractivity contribution in [2.45, 2.75) is 43.2 Å². The Balaban J connectivity index is 1.45. The maximum Gasteiger partial charge on any atom is 0.245 e. The average Bonchev–Trinajstić information content (AvgIpc) is 3.22. The number of carbonyl (C=O) groups excluding carboxylic acids is 2. The van der Waals surface area contributed by atoms with E-state index in [-0.39, 0.29) is 36.8 Å². The van der Waals surface area contributed by atoms with Crippen molar-refractivity contribution >= 4 is 11.8 Å². The summed E-state index contributed by atoms with van der Waals surface area (Å²) in [7, 11) is 0.